The van der Waals surface area contributed by atoms with Crippen molar-refractivity contribution in [2.24, 2.45) is 5.92 Å². The van der Waals surface area contributed by atoms with Gasteiger partial charge in [-0.05, 0) is 12.1 Å². The normalized spacial score (nSPS) is 15.2. The molecule has 8 heteroatoms. The molecule has 5 nitrogen and oxygen atoms in total. The SMILES string of the molecule is CC(C)c1nccn1CC1CN(C(=O)Nc2ccccc2C(F)(F)F)C1. The minimum absolute atomic E-state index is 0.217. The van der Waals surface area contributed by atoms with Crippen molar-refractivity contribution in [3.05, 3.63) is 48.0 Å². The minimum atomic E-state index is -4.50. The van der Waals surface area contributed by atoms with E-state index in [4.69, 9.17) is 0 Å². The number of carbonyl (C=O) groups excluding carboxylic acids is 1. The monoisotopic (exact) mass is 366 g/mol. The van der Waals surface area contributed by atoms with E-state index in [0.717, 1.165) is 18.4 Å². The number of rotatable bonds is 4. The van der Waals surface area contributed by atoms with Crippen LogP contribution in [0.1, 0.15) is 31.2 Å². The van der Waals surface area contributed by atoms with Crippen molar-refractivity contribution >= 4 is 11.7 Å². The average Bonchev–Trinajstić information content (AvgIpc) is 2.98. The molecule has 1 fully saturated rings. The molecule has 1 saturated heterocycles. The second-order valence-electron chi connectivity index (χ2n) is 6.84. The number of hydrogen-bond acceptors (Lipinski definition) is 2. The Morgan fingerprint density at radius 2 is 2.00 bits per heavy atom. The molecule has 0 saturated carbocycles. The third-order valence-corrected chi connectivity index (χ3v) is 4.44. The smallest absolute Gasteiger partial charge is 0.334 e. The molecule has 0 unspecified atom stereocenters. The Morgan fingerprint density at radius 3 is 2.65 bits per heavy atom. The van der Waals surface area contributed by atoms with Crippen LogP contribution in [0, 0.1) is 5.92 Å². The minimum Gasteiger partial charge on any atom is -0.334 e. The van der Waals surface area contributed by atoms with Gasteiger partial charge < -0.3 is 14.8 Å². The van der Waals surface area contributed by atoms with Gasteiger partial charge in [0.2, 0.25) is 0 Å². The van der Waals surface area contributed by atoms with E-state index in [1.165, 1.54) is 23.1 Å². The summed E-state index contributed by atoms with van der Waals surface area (Å²) in [4.78, 5) is 18.1. The number of likely N-dealkylation sites (tertiary alicyclic amines) is 1. The number of alkyl halides is 3. The molecule has 1 aromatic heterocycles. The fraction of sp³-hybridized carbons (Fsp3) is 0.444. The van der Waals surface area contributed by atoms with Crippen molar-refractivity contribution in [2.45, 2.75) is 32.5 Å². The second kappa shape index (κ2) is 7.01. The van der Waals surface area contributed by atoms with E-state index < -0.39 is 17.8 Å². The lowest BCUT2D eigenvalue weighted by molar-refractivity contribution is -0.136. The highest BCUT2D eigenvalue weighted by Gasteiger charge is 2.35. The van der Waals surface area contributed by atoms with Gasteiger partial charge in [-0.15, -0.1) is 0 Å². The molecule has 0 bridgehead atoms. The highest BCUT2D eigenvalue weighted by molar-refractivity contribution is 5.90. The molecule has 2 heterocycles. The van der Waals surface area contributed by atoms with E-state index >= 15 is 0 Å². The molecule has 0 spiro atoms. The molecule has 3 rings (SSSR count). The van der Waals surface area contributed by atoms with Gasteiger partial charge in [-0.1, -0.05) is 26.0 Å². The first-order chi connectivity index (χ1) is 12.3. The lowest BCUT2D eigenvalue weighted by Crippen LogP contribution is -2.53. The molecular weight excluding hydrogens is 345 g/mol. The summed E-state index contributed by atoms with van der Waals surface area (Å²) >= 11 is 0. The summed E-state index contributed by atoms with van der Waals surface area (Å²) in [5, 5.41) is 2.38. The van der Waals surface area contributed by atoms with Gasteiger partial charge in [-0.3, -0.25) is 0 Å². The summed E-state index contributed by atoms with van der Waals surface area (Å²) in [5.74, 6) is 1.57. The van der Waals surface area contributed by atoms with Crippen LogP contribution in [0.25, 0.3) is 0 Å². The summed E-state index contributed by atoms with van der Waals surface area (Å²) in [6.07, 6.45) is -0.833. The second-order valence-corrected chi connectivity index (χ2v) is 6.84. The standard InChI is InChI=1S/C18H21F3N4O/c1-12(2)16-22-7-8-24(16)9-13-10-25(11-13)17(26)23-15-6-4-3-5-14(15)18(19,20)21/h3-8,12-13H,9-11H2,1-2H3,(H,23,26). The number of urea groups is 1. The van der Waals surface area contributed by atoms with Crippen molar-refractivity contribution in [3.8, 4) is 0 Å². The quantitative estimate of drug-likeness (QED) is 0.882. The van der Waals surface area contributed by atoms with Gasteiger partial charge in [0, 0.05) is 43.9 Å². The van der Waals surface area contributed by atoms with Crippen molar-refractivity contribution < 1.29 is 18.0 Å². The molecule has 0 aliphatic carbocycles. The Morgan fingerprint density at radius 1 is 1.31 bits per heavy atom. The zero-order valence-electron chi connectivity index (χ0n) is 14.6. The largest absolute Gasteiger partial charge is 0.418 e. The zero-order valence-corrected chi connectivity index (χ0v) is 14.6. The van der Waals surface area contributed by atoms with Crippen molar-refractivity contribution in [1.82, 2.24) is 14.5 Å². The van der Waals surface area contributed by atoms with E-state index in [-0.39, 0.29) is 11.6 Å². The number of nitrogens with zero attached hydrogens (tertiary/aromatic N) is 3. The average molecular weight is 366 g/mol. The maximum Gasteiger partial charge on any atom is 0.418 e. The molecule has 1 N–H and O–H groups in total. The molecule has 2 aromatic rings. The van der Waals surface area contributed by atoms with Gasteiger partial charge in [0.05, 0.1) is 11.3 Å². The highest BCUT2D eigenvalue weighted by Crippen LogP contribution is 2.35. The number of nitrogens with one attached hydrogen (secondary N) is 1. The fourth-order valence-corrected chi connectivity index (χ4v) is 3.14. The summed E-state index contributed by atoms with van der Waals surface area (Å²) in [7, 11) is 0. The molecule has 2 amide bonds. The summed E-state index contributed by atoms with van der Waals surface area (Å²) < 4.78 is 41.1. The molecule has 1 aliphatic heterocycles. The molecule has 140 valence electrons. The Balaban J connectivity index is 1.57. The van der Waals surface area contributed by atoms with Crippen LogP contribution in [-0.2, 0) is 12.7 Å². The van der Waals surface area contributed by atoms with E-state index in [9.17, 15) is 18.0 Å². The molecular formula is C18H21F3N4O. The van der Waals surface area contributed by atoms with Crippen LogP contribution in [0.5, 0.6) is 0 Å². The maximum absolute atomic E-state index is 13.0. The first-order valence-corrected chi connectivity index (χ1v) is 8.49. The topological polar surface area (TPSA) is 50.2 Å². The van der Waals surface area contributed by atoms with E-state index in [1.54, 1.807) is 6.20 Å². The first-order valence-electron chi connectivity index (χ1n) is 8.49. The van der Waals surface area contributed by atoms with Crippen LogP contribution < -0.4 is 5.32 Å². The molecule has 0 atom stereocenters. The number of carbonyl (C=O) groups is 1. The lowest BCUT2D eigenvalue weighted by Gasteiger charge is -2.39. The number of halogens is 3. The number of anilines is 1. The van der Waals surface area contributed by atoms with Crippen LogP contribution in [-0.4, -0.2) is 33.6 Å². The van der Waals surface area contributed by atoms with E-state index in [0.29, 0.717) is 19.0 Å². The van der Waals surface area contributed by atoms with Crippen LogP contribution in [0.15, 0.2) is 36.7 Å². The summed E-state index contributed by atoms with van der Waals surface area (Å²) in [6.45, 7) is 5.90. The molecule has 26 heavy (non-hydrogen) atoms. The zero-order chi connectivity index (χ0) is 18.9. The van der Waals surface area contributed by atoms with Gasteiger partial charge >= 0.3 is 12.2 Å². The Kier molecular flexibility index (Phi) is 4.93. The number of amides is 2. The Hall–Kier alpha value is -2.51. The van der Waals surface area contributed by atoms with Gasteiger partial charge in [0.25, 0.3) is 0 Å². The number of benzene rings is 1. The van der Waals surface area contributed by atoms with Gasteiger partial charge in [0.1, 0.15) is 5.82 Å². The van der Waals surface area contributed by atoms with Crippen molar-refractivity contribution in [1.29, 1.82) is 0 Å². The van der Waals surface area contributed by atoms with Crippen LogP contribution in [0.3, 0.4) is 0 Å². The van der Waals surface area contributed by atoms with Gasteiger partial charge in [-0.2, -0.15) is 13.2 Å². The van der Waals surface area contributed by atoms with Crippen LogP contribution in [0.2, 0.25) is 0 Å². The number of para-hydroxylation sites is 1. The Labute approximate surface area is 149 Å². The molecule has 0 radical (unpaired) electrons. The predicted octanol–water partition coefficient (Wildman–Crippen LogP) is 4.19. The number of aromatic nitrogens is 2. The molecule has 1 aromatic carbocycles. The summed E-state index contributed by atoms with van der Waals surface area (Å²) in [6, 6.07) is 4.48. The van der Waals surface area contributed by atoms with E-state index in [2.05, 4.69) is 28.7 Å². The fourth-order valence-electron chi connectivity index (χ4n) is 3.14. The highest BCUT2D eigenvalue weighted by atomic mass is 19.4. The third-order valence-electron chi connectivity index (χ3n) is 4.44. The first kappa shape index (κ1) is 18.3. The number of imidazole rings is 1. The van der Waals surface area contributed by atoms with Crippen LogP contribution in [0.4, 0.5) is 23.7 Å². The lowest BCUT2D eigenvalue weighted by atomic mass is 10.0. The third kappa shape index (κ3) is 3.84. The molecule has 1 aliphatic rings. The van der Waals surface area contributed by atoms with E-state index in [1.807, 2.05) is 6.20 Å². The van der Waals surface area contributed by atoms with Gasteiger partial charge in [-0.25, -0.2) is 9.78 Å². The van der Waals surface area contributed by atoms with Crippen LogP contribution >= 0.6 is 0 Å². The number of hydrogen-bond donors (Lipinski definition) is 1. The maximum atomic E-state index is 13.0. The van der Waals surface area contributed by atoms with Gasteiger partial charge in [0.15, 0.2) is 0 Å². The van der Waals surface area contributed by atoms with Crippen molar-refractivity contribution in [2.75, 3.05) is 18.4 Å². The predicted molar refractivity (Wildman–Crippen MR) is 91.8 cm³/mol. The Bertz CT molecular complexity index is 779. The summed E-state index contributed by atoms with van der Waals surface area (Å²) in [5.41, 5.74) is -1.06. The van der Waals surface area contributed by atoms with Crippen molar-refractivity contribution in [3.63, 3.8) is 0 Å².